The van der Waals surface area contributed by atoms with Crippen molar-refractivity contribution >= 4 is 43.2 Å². The van der Waals surface area contributed by atoms with Crippen molar-refractivity contribution in [2.24, 2.45) is 0 Å². The first kappa shape index (κ1) is 16.1. The van der Waals surface area contributed by atoms with Crippen molar-refractivity contribution in [3.05, 3.63) is 48.8 Å². The van der Waals surface area contributed by atoms with Crippen LogP contribution in [-0.2, 0) is 12.8 Å². The Hall–Kier alpha value is -0.230. The van der Waals surface area contributed by atoms with Crippen LogP contribution in [0.2, 0.25) is 0 Å². The van der Waals surface area contributed by atoms with E-state index in [1.54, 1.807) is 0 Å². The lowest BCUT2D eigenvalue weighted by Crippen LogP contribution is -2.24. The van der Waals surface area contributed by atoms with Crippen molar-refractivity contribution in [3.63, 3.8) is 0 Å². The molecule has 0 saturated heterocycles. The SMILES string of the molecule is CCNC(Cc1ccc(CC)s1)c1ncc(Br)cc1Br. The molecule has 0 aliphatic rings. The minimum absolute atomic E-state index is 0.242. The molecule has 0 amide bonds. The van der Waals surface area contributed by atoms with Crippen LogP contribution in [0.4, 0.5) is 0 Å². The van der Waals surface area contributed by atoms with E-state index in [-0.39, 0.29) is 6.04 Å². The molecule has 0 saturated carbocycles. The number of aromatic nitrogens is 1. The first-order chi connectivity index (χ1) is 9.63. The number of hydrogen-bond donors (Lipinski definition) is 1. The van der Waals surface area contributed by atoms with E-state index in [2.05, 4.69) is 74.2 Å². The normalized spacial score (nSPS) is 12.6. The molecule has 108 valence electrons. The van der Waals surface area contributed by atoms with Gasteiger partial charge in [-0.15, -0.1) is 11.3 Å². The zero-order valence-electron chi connectivity index (χ0n) is 11.6. The van der Waals surface area contributed by atoms with Crippen LogP contribution in [0.15, 0.2) is 33.3 Å². The number of likely N-dealkylation sites (N-methyl/N-ethyl adjacent to an activating group) is 1. The third-order valence-electron chi connectivity index (χ3n) is 3.09. The predicted octanol–water partition coefficient (Wildman–Crippen LogP) is 5.12. The lowest BCUT2D eigenvalue weighted by atomic mass is 10.1. The Labute approximate surface area is 141 Å². The standard InChI is InChI=1S/C15H18Br2N2S/c1-3-11-5-6-12(20-11)8-14(18-4-2)15-13(17)7-10(16)9-19-15/h5-7,9,14,18H,3-4,8H2,1-2H3. The van der Waals surface area contributed by atoms with E-state index in [9.17, 15) is 0 Å². The van der Waals surface area contributed by atoms with E-state index >= 15 is 0 Å². The Morgan fingerprint density at radius 3 is 2.60 bits per heavy atom. The van der Waals surface area contributed by atoms with Crippen molar-refractivity contribution in [3.8, 4) is 0 Å². The van der Waals surface area contributed by atoms with Gasteiger partial charge in [-0.05, 0) is 63.0 Å². The summed E-state index contributed by atoms with van der Waals surface area (Å²) in [6, 6.07) is 6.76. The number of aryl methyl sites for hydroxylation is 1. The maximum atomic E-state index is 4.57. The number of nitrogens with one attached hydrogen (secondary N) is 1. The van der Waals surface area contributed by atoms with Gasteiger partial charge in [0.15, 0.2) is 0 Å². The van der Waals surface area contributed by atoms with Crippen LogP contribution in [0.25, 0.3) is 0 Å². The molecule has 0 radical (unpaired) electrons. The summed E-state index contributed by atoms with van der Waals surface area (Å²) in [5, 5.41) is 3.53. The third kappa shape index (κ3) is 4.13. The number of rotatable bonds is 6. The third-order valence-corrected chi connectivity index (χ3v) is 5.41. The minimum atomic E-state index is 0.242. The number of nitrogens with zero attached hydrogens (tertiary/aromatic N) is 1. The Morgan fingerprint density at radius 1 is 1.25 bits per heavy atom. The van der Waals surface area contributed by atoms with E-state index in [0.29, 0.717) is 0 Å². The van der Waals surface area contributed by atoms with E-state index in [4.69, 9.17) is 0 Å². The van der Waals surface area contributed by atoms with Crippen LogP contribution in [-0.4, -0.2) is 11.5 Å². The first-order valence-electron chi connectivity index (χ1n) is 6.76. The quantitative estimate of drug-likeness (QED) is 0.704. The monoisotopic (exact) mass is 416 g/mol. The lowest BCUT2D eigenvalue weighted by Gasteiger charge is -2.18. The number of pyridine rings is 1. The van der Waals surface area contributed by atoms with Gasteiger partial charge in [0.2, 0.25) is 0 Å². The van der Waals surface area contributed by atoms with Gasteiger partial charge >= 0.3 is 0 Å². The van der Waals surface area contributed by atoms with Crippen molar-refractivity contribution in [2.45, 2.75) is 32.7 Å². The second kappa shape index (κ2) is 7.69. The molecule has 2 heterocycles. The van der Waals surface area contributed by atoms with E-state index in [1.165, 1.54) is 9.75 Å². The minimum Gasteiger partial charge on any atom is -0.309 e. The molecule has 20 heavy (non-hydrogen) atoms. The number of hydrogen-bond acceptors (Lipinski definition) is 3. The van der Waals surface area contributed by atoms with Crippen molar-refractivity contribution in [2.75, 3.05) is 6.54 Å². The van der Waals surface area contributed by atoms with Crippen LogP contribution in [0.5, 0.6) is 0 Å². The molecule has 2 nitrogen and oxygen atoms in total. The highest BCUT2D eigenvalue weighted by Gasteiger charge is 2.17. The molecule has 0 spiro atoms. The molecular formula is C15H18Br2N2S. The summed E-state index contributed by atoms with van der Waals surface area (Å²) in [6.45, 7) is 5.26. The molecule has 1 unspecified atom stereocenters. The van der Waals surface area contributed by atoms with Crippen LogP contribution in [0.1, 0.15) is 35.3 Å². The summed E-state index contributed by atoms with van der Waals surface area (Å²) < 4.78 is 2.04. The van der Waals surface area contributed by atoms with Gasteiger partial charge in [-0.3, -0.25) is 4.98 Å². The fraction of sp³-hybridized carbons (Fsp3) is 0.400. The van der Waals surface area contributed by atoms with Crippen molar-refractivity contribution in [1.82, 2.24) is 10.3 Å². The Bertz CT molecular complexity index is 569. The molecule has 1 atom stereocenters. The van der Waals surface area contributed by atoms with Crippen LogP contribution in [0, 0.1) is 0 Å². The highest BCUT2D eigenvalue weighted by Crippen LogP contribution is 2.29. The summed E-state index contributed by atoms with van der Waals surface area (Å²) in [6.07, 6.45) is 3.94. The molecule has 0 aliphatic carbocycles. The predicted molar refractivity (Wildman–Crippen MR) is 93.5 cm³/mol. The van der Waals surface area contributed by atoms with Gasteiger partial charge in [-0.2, -0.15) is 0 Å². The van der Waals surface area contributed by atoms with Gasteiger partial charge in [-0.1, -0.05) is 13.8 Å². The maximum Gasteiger partial charge on any atom is 0.0719 e. The number of halogens is 2. The maximum absolute atomic E-state index is 4.57. The summed E-state index contributed by atoms with van der Waals surface area (Å²) in [5.74, 6) is 0. The Balaban J connectivity index is 2.21. The molecular weight excluding hydrogens is 400 g/mol. The fourth-order valence-electron chi connectivity index (χ4n) is 2.12. The van der Waals surface area contributed by atoms with E-state index < -0.39 is 0 Å². The molecule has 0 aromatic carbocycles. The Kier molecular flexibility index (Phi) is 6.20. The van der Waals surface area contributed by atoms with Gasteiger partial charge < -0.3 is 5.32 Å². The average molecular weight is 418 g/mol. The second-order valence-electron chi connectivity index (χ2n) is 4.56. The van der Waals surface area contributed by atoms with Crippen LogP contribution >= 0.6 is 43.2 Å². The van der Waals surface area contributed by atoms with Crippen molar-refractivity contribution < 1.29 is 0 Å². The zero-order valence-corrected chi connectivity index (χ0v) is 15.6. The van der Waals surface area contributed by atoms with E-state index in [0.717, 1.165) is 34.0 Å². The van der Waals surface area contributed by atoms with Gasteiger partial charge in [0.25, 0.3) is 0 Å². The average Bonchev–Trinajstić information content (AvgIpc) is 2.86. The molecule has 1 N–H and O–H groups in total. The molecule has 0 bridgehead atoms. The van der Waals surface area contributed by atoms with Gasteiger partial charge in [0.1, 0.15) is 0 Å². The summed E-state index contributed by atoms with van der Waals surface area (Å²) >= 11 is 8.97. The lowest BCUT2D eigenvalue weighted by molar-refractivity contribution is 0.537. The second-order valence-corrected chi connectivity index (χ2v) is 7.58. The van der Waals surface area contributed by atoms with Gasteiger partial charge in [-0.25, -0.2) is 0 Å². The van der Waals surface area contributed by atoms with Gasteiger partial charge in [0, 0.05) is 31.3 Å². The molecule has 2 rings (SSSR count). The number of thiophene rings is 1. The first-order valence-corrected chi connectivity index (χ1v) is 9.16. The molecule has 0 aliphatic heterocycles. The van der Waals surface area contributed by atoms with Crippen molar-refractivity contribution in [1.29, 1.82) is 0 Å². The van der Waals surface area contributed by atoms with Crippen LogP contribution in [0.3, 0.4) is 0 Å². The topological polar surface area (TPSA) is 24.9 Å². The summed E-state index contributed by atoms with van der Waals surface area (Å²) in [7, 11) is 0. The summed E-state index contributed by atoms with van der Waals surface area (Å²) in [5.41, 5.74) is 1.07. The fourth-order valence-corrected chi connectivity index (χ4v) is 4.38. The largest absolute Gasteiger partial charge is 0.309 e. The molecule has 2 aromatic rings. The highest BCUT2D eigenvalue weighted by molar-refractivity contribution is 9.11. The molecule has 0 fully saturated rings. The smallest absolute Gasteiger partial charge is 0.0719 e. The highest BCUT2D eigenvalue weighted by atomic mass is 79.9. The molecule has 2 aromatic heterocycles. The van der Waals surface area contributed by atoms with Gasteiger partial charge in [0.05, 0.1) is 11.7 Å². The molecule has 5 heteroatoms. The Morgan fingerprint density at radius 2 is 2.00 bits per heavy atom. The van der Waals surface area contributed by atoms with E-state index in [1.807, 2.05) is 17.5 Å². The zero-order chi connectivity index (χ0) is 14.5. The van der Waals surface area contributed by atoms with Crippen LogP contribution < -0.4 is 5.32 Å². The summed E-state index contributed by atoms with van der Waals surface area (Å²) in [4.78, 5) is 7.42.